The number of fused-ring (bicyclic) bond motifs is 2. The largest absolute Gasteiger partial charge is 0.346 e. The Bertz CT molecular complexity index is 1320. The smallest absolute Gasteiger partial charge is 0.158 e. The Hall–Kier alpha value is -2.14. The Morgan fingerprint density at radius 1 is 1.10 bits per heavy atom. The summed E-state index contributed by atoms with van der Waals surface area (Å²) in [5, 5.41) is 5.90. The van der Waals surface area contributed by atoms with Crippen LogP contribution >= 0.6 is 11.3 Å². The van der Waals surface area contributed by atoms with Crippen molar-refractivity contribution in [2.24, 2.45) is 11.3 Å². The first kappa shape index (κ1) is 19.5. The monoisotopic (exact) mass is 432 g/mol. The van der Waals surface area contributed by atoms with Gasteiger partial charge >= 0.3 is 0 Å². The molecule has 6 rings (SSSR count). The molecule has 4 heterocycles. The first-order chi connectivity index (χ1) is 14.8. The van der Waals surface area contributed by atoms with Gasteiger partial charge in [0, 0.05) is 22.0 Å². The Morgan fingerprint density at radius 3 is 2.52 bits per heavy atom. The zero-order chi connectivity index (χ0) is 21.7. The number of hydrogen-bond acceptors (Lipinski definition) is 3. The zero-order valence-electron chi connectivity index (χ0n) is 19.5. The number of hydrogen-bond donors (Lipinski definition) is 1. The van der Waals surface area contributed by atoms with Gasteiger partial charge in [0.15, 0.2) is 5.65 Å². The maximum Gasteiger partial charge on any atom is 0.158 e. The molecule has 0 unspecified atom stereocenters. The lowest BCUT2D eigenvalue weighted by atomic mass is 9.48. The van der Waals surface area contributed by atoms with Gasteiger partial charge in [0.05, 0.1) is 5.69 Å². The molecular weight excluding hydrogens is 400 g/mol. The Balaban J connectivity index is 1.47. The number of aryl methyl sites for hydroxylation is 2. The highest BCUT2D eigenvalue weighted by atomic mass is 32.1. The second-order valence-electron chi connectivity index (χ2n) is 10.8. The van der Waals surface area contributed by atoms with Gasteiger partial charge in [-0.2, -0.15) is 5.10 Å². The Morgan fingerprint density at radius 2 is 1.84 bits per heavy atom. The Labute approximate surface area is 188 Å². The first-order valence-electron chi connectivity index (χ1n) is 11.7. The number of rotatable bonds is 3. The zero-order valence-corrected chi connectivity index (χ0v) is 20.3. The molecule has 2 aliphatic rings. The van der Waals surface area contributed by atoms with Crippen LogP contribution in [-0.2, 0) is 0 Å². The van der Waals surface area contributed by atoms with Crippen molar-refractivity contribution in [2.75, 3.05) is 0 Å². The maximum atomic E-state index is 4.44. The van der Waals surface area contributed by atoms with E-state index in [-0.39, 0.29) is 0 Å². The summed E-state index contributed by atoms with van der Waals surface area (Å²) in [6.07, 6.45) is 9.52. The number of thiophene rings is 1. The van der Waals surface area contributed by atoms with Crippen LogP contribution in [-0.4, -0.2) is 19.6 Å². The summed E-state index contributed by atoms with van der Waals surface area (Å²) in [5.74, 6) is 2.18. The lowest BCUT2D eigenvalue weighted by Gasteiger charge is -2.57. The highest BCUT2D eigenvalue weighted by Gasteiger charge is 2.52. The third-order valence-corrected chi connectivity index (χ3v) is 9.60. The Kier molecular flexibility index (Phi) is 4.06. The van der Waals surface area contributed by atoms with Gasteiger partial charge < -0.3 is 4.98 Å². The van der Waals surface area contributed by atoms with Crippen LogP contribution in [0, 0.1) is 32.1 Å². The fourth-order valence-corrected chi connectivity index (χ4v) is 8.13. The molecular formula is C26H32N4S. The van der Waals surface area contributed by atoms with E-state index in [2.05, 4.69) is 62.8 Å². The molecule has 31 heavy (non-hydrogen) atoms. The van der Waals surface area contributed by atoms with Crippen molar-refractivity contribution in [2.45, 2.75) is 79.1 Å². The fourth-order valence-electron chi connectivity index (χ4n) is 6.81. The average molecular weight is 433 g/mol. The van der Waals surface area contributed by atoms with E-state index in [1.807, 2.05) is 15.9 Å². The number of aromatic amines is 1. The minimum absolute atomic E-state index is 0.455. The molecule has 162 valence electrons. The number of nitrogens with one attached hydrogen (secondary N) is 1. The van der Waals surface area contributed by atoms with E-state index in [9.17, 15) is 0 Å². The second kappa shape index (κ2) is 6.44. The normalized spacial score (nSPS) is 25.6. The average Bonchev–Trinajstić information content (AvgIpc) is 3.35. The quantitative estimate of drug-likeness (QED) is 0.370. The summed E-state index contributed by atoms with van der Waals surface area (Å²) in [7, 11) is 0. The third-order valence-electron chi connectivity index (χ3n) is 8.23. The molecule has 0 amide bonds. The van der Waals surface area contributed by atoms with Crippen LogP contribution in [0.5, 0.6) is 0 Å². The summed E-state index contributed by atoms with van der Waals surface area (Å²) in [4.78, 5) is 11.3. The molecule has 1 N–H and O–H groups in total. The minimum Gasteiger partial charge on any atom is -0.346 e. The van der Waals surface area contributed by atoms with Gasteiger partial charge in [-0.15, -0.1) is 11.3 Å². The van der Waals surface area contributed by atoms with E-state index in [1.165, 1.54) is 69.4 Å². The van der Waals surface area contributed by atoms with E-state index in [0.717, 1.165) is 17.5 Å². The first-order valence-corrected chi connectivity index (χ1v) is 12.5. The predicted molar refractivity (Wildman–Crippen MR) is 129 cm³/mol. The predicted octanol–water partition coefficient (Wildman–Crippen LogP) is 7.28. The molecule has 0 saturated heterocycles. The highest BCUT2D eigenvalue weighted by Crippen LogP contribution is 2.65. The van der Waals surface area contributed by atoms with Crippen LogP contribution in [0.1, 0.15) is 85.4 Å². The van der Waals surface area contributed by atoms with Gasteiger partial charge in [0.25, 0.3) is 0 Å². The number of nitrogens with zero attached hydrogens (tertiary/aromatic N) is 3. The van der Waals surface area contributed by atoms with Gasteiger partial charge in [-0.05, 0) is 91.9 Å². The van der Waals surface area contributed by atoms with Crippen LogP contribution in [0.15, 0.2) is 12.5 Å². The van der Waals surface area contributed by atoms with Crippen LogP contribution in [0.4, 0.5) is 0 Å². The van der Waals surface area contributed by atoms with E-state index < -0.39 is 0 Å². The molecule has 1 spiro atoms. The number of pyridine rings is 1. The van der Waals surface area contributed by atoms with Crippen LogP contribution in [0.3, 0.4) is 0 Å². The number of H-pyrrole nitrogens is 1. The van der Waals surface area contributed by atoms with Crippen molar-refractivity contribution < 1.29 is 0 Å². The van der Waals surface area contributed by atoms with E-state index in [1.54, 1.807) is 11.2 Å². The van der Waals surface area contributed by atoms with Gasteiger partial charge in [0.1, 0.15) is 11.2 Å². The number of aromatic nitrogens is 4. The van der Waals surface area contributed by atoms with Gasteiger partial charge in [-0.25, -0.2) is 9.50 Å². The molecule has 0 aliphatic heterocycles. The van der Waals surface area contributed by atoms with Crippen LogP contribution < -0.4 is 0 Å². The van der Waals surface area contributed by atoms with Crippen LogP contribution in [0.2, 0.25) is 0 Å². The van der Waals surface area contributed by atoms with Crippen molar-refractivity contribution >= 4 is 27.2 Å². The van der Waals surface area contributed by atoms with E-state index in [4.69, 9.17) is 0 Å². The summed E-state index contributed by atoms with van der Waals surface area (Å²) < 4.78 is 1.92. The molecule has 2 fully saturated rings. The maximum absolute atomic E-state index is 4.44. The summed E-state index contributed by atoms with van der Waals surface area (Å²) in [6, 6.07) is 0. The van der Waals surface area contributed by atoms with Crippen molar-refractivity contribution in [3.63, 3.8) is 0 Å². The lowest BCUT2D eigenvalue weighted by Crippen LogP contribution is -2.45. The molecule has 5 heteroatoms. The highest BCUT2D eigenvalue weighted by molar-refractivity contribution is 7.19. The molecule has 0 bridgehead atoms. The fraction of sp³-hybridized carbons (Fsp3) is 0.538. The van der Waals surface area contributed by atoms with Crippen molar-refractivity contribution in [1.29, 1.82) is 0 Å². The summed E-state index contributed by atoms with van der Waals surface area (Å²) in [5.41, 5.74) is 9.63. The molecule has 0 aromatic carbocycles. The molecule has 4 nitrogen and oxygen atoms in total. The molecule has 0 radical (unpaired) electrons. The van der Waals surface area contributed by atoms with Crippen molar-refractivity contribution in [3.8, 4) is 11.3 Å². The van der Waals surface area contributed by atoms with Gasteiger partial charge in [-0.3, -0.25) is 0 Å². The standard InChI is InChI=1S/C26H32N4S/c1-13(2)20-21-17(6)23(18-9-26(10-18)7-14(3)8-26)31-25(21)29-22(20)19-11-30-24(27-12-28-30)16(5)15(19)4/h11-14,18,29H,7-10H2,1-6H3. The topological polar surface area (TPSA) is 46.0 Å². The summed E-state index contributed by atoms with van der Waals surface area (Å²) in [6.45, 7) is 13.8. The van der Waals surface area contributed by atoms with Crippen molar-refractivity contribution in [1.82, 2.24) is 19.6 Å². The lowest BCUT2D eigenvalue weighted by molar-refractivity contribution is -0.0333. The third kappa shape index (κ3) is 2.65. The molecule has 2 saturated carbocycles. The summed E-state index contributed by atoms with van der Waals surface area (Å²) >= 11 is 2.02. The van der Waals surface area contributed by atoms with Crippen LogP contribution in [0.25, 0.3) is 27.1 Å². The molecule has 2 aliphatic carbocycles. The molecule has 4 aromatic heterocycles. The van der Waals surface area contributed by atoms with Gasteiger partial charge in [0.2, 0.25) is 0 Å². The molecule has 4 aromatic rings. The SMILES string of the molecule is Cc1c(-c2[nH]c3sc(C4CC5(CC(C)C5)C4)c(C)c3c2C(C)C)cn2ncnc2c1C. The van der Waals surface area contributed by atoms with E-state index in [0.29, 0.717) is 11.3 Å². The van der Waals surface area contributed by atoms with E-state index >= 15 is 0 Å². The van der Waals surface area contributed by atoms with Crippen molar-refractivity contribution in [3.05, 3.63) is 39.7 Å². The minimum atomic E-state index is 0.455. The van der Waals surface area contributed by atoms with Gasteiger partial charge in [-0.1, -0.05) is 20.8 Å². The second-order valence-corrected chi connectivity index (χ2v) is 11.9. The molecule has 0 atom stereocenters.